The van der Waals surface area contributed by atoms with Gasteiger partial charge in [0.15, 0.2) is 11.1 Å². The Morgan fingerprint density at radius 1 is 1.50 bits per heavy atom. The first-order valence-electron chi connectivity index (χ1n) is 1.61. The van der Waals surface area contributed by atoms with Crippen LogP contribution in [0.25, 0.3) is 0 Å². The van der Waals surface area contributed by atoms with Crippen LogP contribution in [0.5, 0.6) is 0 Å². The Kier molecular flexibility index (Phi) is 2.78. The summed E-state index contributed by atoms with van der Waals surface area (Å²) >= 11 is -2.33. The molecule has 0 aliphatic heterocycles. The lowest BCUT2D eigenvalue weighted by Crippen LogP contribution is -2.07. The summed E-state index contributed by atoms with van der Waals surface area (Å²) in [5.41, 5.74) is 0. The van der Waals surface area contributed by atoms with Crippen molar-refractivity contribution in [1.29, 1.82) is 10.5 Å². The molecule has 0 bridgehead atoms. The molecule has 0 rings (SSSR count). The minimum atomic E-state index is -2.33. The van der Waals surface area contributed by atoms with Crippen molar-refractivity contribution in [2.75, 3.05) is 0 Å². The van der Waals surface area contributed by atoms with Crippen LogP contribution in [0.2, 0.25) is 0 Å². The second-order valence-corrected chi connectivity index (χ2v) is 1.94. The lowest BCUT2D eigenvalue weighted by molar-refractivity contribution is 0.563. The summed E-state index contributed by atoms with van der Waals surface area (Å²) in [6.45, 7) is 0. The topological polar surface area (TPSA) is 84.9 Å². The van der Waals surface area contributed by atoms with E-state index in [2.05, 4.69) is 0 Å². The zero-order chi connectivity index (χ0) is 6.57. The lowest BCUT2D eigenvalue weighted by atomic mass is 10.5. The van der Waals surface area contributed by atoms with Gasteiger partial charge in [-0.3, -0.25) is 0 Å². The van der Waals surface area contributed by atoms with E-state index in [1.54, 1.807) is 0 Å². The normalized spacial score (nSPS) is 12.0. The van der Waals surface area contributed by atoms with Gasteiger partial charge in [-0.1, -0.05) is 0 Å². The molecule has 0 aromatic rings. The van der Waals surface area contributed by atoms with Crippen LogP contribution in [0.15, 0.2) is 0 Å². The molecule has 0 aliphatic carbocycles. The number of rotatable bonds is 1. The minimum absolute atomic E-state index is 1.34. The molecule has 0 radical (unpaired) electrons. The molecule has 5 heteroatoms. The van der Waals surface area contributed by atoms with Crippen LogP contribution in [-0.4, -0.2) is 14.0 Å². The smallest absolute Gasteiger partial charge is 0.232 e. The molecule has 0 saturated carbocycles. The van der Waals surface area contributed by atoms with Crippen molar-refractivity contribution in [2.45, 2.75) is 5.25 Å². The van der Waals surface area contributed by atoms with Crippen molar-refractivity contribution in [2.24, 2.45) is 0 Å². The minimum Gasteiger partial charge on any atom is -0.304 e. The van der Waals surface area contributed by atoms with Crippen LogP contribution in [0.4, 0.5) is 0 Å². The third kappa shape index (κ3) is 1.69. The number of nitrogens with zero attached hydrogens (tertiary/aromatic N) is 2. The first-order valence-corrected chi connectivity index (χ1v) is 2.78. The van der Waals surface area contributed by atoms with Crippen molar-refractivity contribution in [3.63, 3.8) is 0 Å². The van der Waals surface area contributed by atoms with Gasteiger partial charge in [-0.15, -0.1) is 0 Å². The van der Waals surface area contributed by atoms with Gasteiger partial charge in [-0.2, -0.15) is 10.5 Å². The Hall–Kier alpha value is -0.910. The Morgan fingerprint density at radius 3 is 1.88 bits per heavy atom. The summed E-state index contributed by atoms with van der Waals surface area (Å²) in [7, 11) is 0. The van der Waals surface area contributed by atoms with Crippen molar-refractivity contribution in [1.82, 2.24) is 0 Å². The van der Waals surface area contributed by atoms with Crippen molar-refractivity contribution >= 4 is 11.1 Å². The quantitative estimate of drug-likeness (QED) is 0.490. The van der Waals surface area contributed by atoms with Gasteiger partial charge in [0.2, 0.25) is 5.25 Å². The molecule has 0 heterocycles. The fourth-order valence-corrected chi connectivity index (χ4v) is 0.299. The number of nitriles is 2. The fraction of sp³-hybridized carbons (Fsp3) is 0.333. The van der Waals surface area contributed by atoms with E-state index in [4.69, 9.17) is 15.1 Å². The second-order valence-electron chi connectivity index (χ2n) is 0.914. The van der Waals surface area contributed by atoms with Gasteiger partial charge in [0, 0.05) is 0 Å². The van der Waals surface area contributed by atoms with Gasteiger partial charge >= 0.3 is 0 Å². The van der Waals surface area contributed by atoms with E-state index in [1.165, 1.54) is 12.1 Å². The molecule has 0 aromatic heterocycles. The van der Waals surface area contributed by atoms with Gasteiger partial charge < -0.3 is 4.55 Å². The predicted octanol–water partition coefficient (Wildman–Crippen LogP) is -0.376. The van der Waals surface area contributed by atoms with Gasteiger partial charge in [0.05, 0.1) is 12.1 Å². The summed E-state index contributed by atoms with van der Waals surface area (Å²) in [6, 6.07) is 2.68. The molecule has 8 heavy (non-hydrogen) atoms. The van der Waals surface area contributed by atoms with Crippen LogP contribution in [0, 0.1) is 22.7 Å². The van der Waals surface area contributed by atoms with E-state index in [1.807, 2.05) is 0 Å². The highest BCUT2D eigenvalue weighted by atomic mass is 32.2. The molecule has 0 fully saturated rings. The molecule has 1 atom stereocenters. The first kappa shape index (κ1) is 7.09. The van der Waals surface area contributed by atoms with Crippen molar-refractivity contribution < 1.29 is 8.76 Å². The van der Waals surface area contributed by atoms with Gasteiger partial charge in [-0.25, -0.2) is 4.21 Å². The number of hydrogen-bond acceptors (Lipinski definition) is 3. The molecule has 0 aromatic carbocycles. The van der Waals surface area contributed by atoms with Crippen LogP contribution >= 0.6 is 0 Å². The second kappa shape index (κ2) is 3.14. The Bertz CT molecular complexity index is 163. The average molecular weight is 130 g/mol. The average Bonchev–Trinajstić information content (AvgIpc) is 1.69. The van der Waals surface area contributed by atoms with Gasteiger partial charge in [0.25, 0.3) is 0 Å². The van der Waals surface area contributed by atoms with E-state index in [9.17, 15) is 4.21 Å². The SMILES string of the molecule is N#CC(C#N)S(=O)O. The highest BCUT2D eigenvalue weighted by Crippen LogP contribution is 1.86. The largest absolute Gasteiger partial charge is 0.304 e. The molecule has 4 nitrogen and oxygen atoms in total. The zero-order valence-corrected chi connectivity index (χ0v) is 4.55. The van der Waals surface area contributed by atoms with E-state index < -0.39 is 16.3 Å². The Labute approximate surface area is 48.6 Å². The molecule has 1 unspecified atom stereocenters. The molecule has 0 amide bonds. The van der Waals surface area contributed by atoms with Crippen LogP contribution in [0.3, 0.4) is 0 Å². The zero-order valence-electron chi connectivity index (χ0n) is 3.74. The summed E-state index contributed by atoms with van der Waals surface area (Å²) < 4.78 is 17.9. The standard InChI is InChI=1S/C3H2N2O2S/c4-1-3(2-5)8(6)7/h3H,(H,6,7). The molecule has 0 saturated heterocycles. The van der Waals surface area contributed by atoms with E-state index >= 15 is 0 Å². The summed E-state index contributed by atoms with van der Waals surface area (Å²) in [6.07, 6.45) is 0. The maximum atomic E-state index is 9.83. The summed E-state index contributed by atoms with van der Waals surface area (Å²) in [5, 5.41) is 14.3. The Morgan fingerprint density at radius 2 is 1.88 bits per heavy atom. The first-order chi connectivity index (χ1) is 3.72. The van der Waals surface area contributed by atoms with Crippen molar-refractivity contribution in [3.8, 4) is 12.1 Å². The van der Waals surface area contributed by atoms with Crippen LogP contribution in [0.1, 0.15) is 0 Å². The van der Waals surface area contributed by atoms with Gasteiger partial charge in [0.1, 0.15) is 0 Å². The summed E-state index contributed by atoms with van der Waals surface area (Å²) in [5.74, 6) is 0. The molecule has 1 N–H and O–H groups in total. The summed E-state index contributed by atoms with van der Waals surface area (Å²) in [4.78, 5) is 0. The fourth-order valence-electron chi connectivity index (χ4n) is 0.119. The van der Waals surface area contributed by atoms with E-state index in [-0.39, 0.29) is 0 Å². The highest BCUT2D eigenvalue weighted by molar-refractivity contribution is 7.80. The number of hydrogen-bond donors (Lipinski definition) is 1. The maximum Gasteiger partial charge on any atom is 0.232 e. The Balaban J connectivity index is 4.02. The molecule has 0 spiro atoms. The van der Waals surface area contributed by atoms with Crippen LogP contribution < -0.4 is 0 Å². The third-order valence-electron chi connectivity index (χ3n) is 0.436. The monoisotopic (exact) mass is 130 g/mol. The molecular weight excluding hydrogens is 128 g/mol. The van der Waals surface area contributed by atoms with Crippen molar-refractivity contribution in [3.05, 3.63) is 0 Å². The molecule has 0 aliphatic rings. The molecule has 42 valence electrons. The highest BCUT2D eigenvalue weighted by Gasteiger charge is 2.10. The van der Waals surface area contributed by atoms with Crippen LogP contribution in [-0.2, 0) is 11.1 Å². The maximum absolute atomic E-state index is 9.83. The predicted molar refractivity (Wildman–Crippen MR) is 25.8 cm³/mol. The van der Waals surface area contributed by atoms with Gasteiger partial charge in [-0.05, 0) is 0 Å². The molecular formula is C3H2N2O2S. The van der Waals surface area contributed by atoms with E-state index in [0.717, 1.165) is 0 Å². The van der Waals surface area contributed by atoms with E-state index in [0.29, 0.717) is 0 Å². The lowest BCUT2D eigenvalue weighted by Gasteiger charge is -1.85. The third-order valence-corrected chi connectivity index (χ3v) is 1.05.